The highest BCUT2D eigenvalue weighted by atomic mass is 35.5. The molecule has 2 heterocycles. The number of nitrogens with zero attached hydrogens (tertiary/aromatic N) is 1. The summed E-state index contributed by atoms with van der Waals surface area (Å²) < 4.78 is 0. The van der Waals surface area contributed by atoms with Crippen LogP contribution in [0.3, 0.4) is 0 Å². The second-order valence-corrected chi connectivity index (χ2v) is 6.50. The molecule has 0 spiro atoms. The van der Waals surface area contributed by atoms with Crippen LogP contribution in [0.25, 0.3) is 6.08 Å². The zero-order valence-electron chi connectivity index (χ0n) is 11.5. The van der Waals surface area contributed by atoms with Gasteiger partial charge in [0.25, 0.3) is 11.1 Å². The molecule has 0 radical (unpaired) electrons. The Hall–Kier alpha value is -1.21. The maximum atomic E-state index is 11.7. The van der Waals surface area contributed by atoms with Crippen LogP contribution in [-0.4, -0.2) is 30.3 Å². The Morgan fingerprint density at radius 3 is 2.77 bits per heavy atom. The lowest BCUT2D eigenvalue weighted by molar-refractivity contribution is -0.115. The number of rotatable bonds is 2. The molecule has 2 saturated heterocycles. The SMILES string of the molecule is Cl.NC1CCN(c2cc(Cl)ccc2/C=C2/SC(=O)NC2=O)C1. The number of carbonyl (C=O) groups excluding carboxylic acids is 2. The first-order valence-corrected chi connectivity index (χ1v) is 7.77. The van der Waals surface area contributed by atoms with Crippen molar-refractivity contribution in [2.24, 2.45) is 5.73 Å². The minimum absolute atomic E-state index is 0. The normalized spacial score (nSPS) is 22.9. The Morgan fingerprint density at radius 2 is 2.18 bits per heavy atom. The van der Waals surface area contributed by atoms with Gasteiger partial charge in [-0.2, -0.15) is 0 Å². The summed E-state index contributed by atoms with van der Waals surface area (Å²) in [5, 5.41) is 2.54. The minimum Gasteiger partial charge on any atom is -0.369 e. The molecule has 2 amide bonds. The molecule has 1 aromatic rings. The number of nitrogens with two attached hydrogens (primary N) is 1. The number of amides is 2. The van der Waals surface area contributed by atoms with Crippen LogP contribution in [0.4, 0.5) is 10.5 Å². The molecule has 0 aliphatic carbocycles. The van der Waals surface area contributed by atoms with Crippen molar-refractivity contribution in [3.05, 3.63) is 33.7 Å². The molecule has 3 N–H and O–H groups in total. The number of hydrogen-bond donors (Lipinski definition) is 2. The predicted molar refractivity (Wildman–Crippen MR) is 92.6 cm³/mol. The quantitative estimate of drug-likeness (QED) is 0.793. The van der Waals surface area contributed by atoms with Crippen LogP contribution in [-0.2, 0) is 4.79 Å². The number of anilines is 1. The molecule has 3 rings (SSSR count). The molecule has 1 atom stereocenters. The fourth-order valence-corrected chi connectivity index (χ4v) is 3.32. The number of halogens is 2. The highest BCUT2D eigenvalue weighted by Gasteiger charge is 2.26. The fraction of sp³-hybridized carbons (Fsp3) is 0.286. The molecule has 5 nitrogen and oxygen atoms in total. The molecule has 1 unspecified atom stereocenters. The Labute approximate surface area is 143 Å². The Balaban J connectivity index is 0.00000176. The summed E-state index contributed by atoms with van der Waals surface area (Å²) in [5.41, 5.74) is 7.75. The molecule has 118 valence electrons. The number of imide groups is 1. The Bertz CT molecular complexity index is 651. The van der Waals surface area contributed by atoms with Gasteiger partial charge in [0.2, 0.25) is 0 Å². The van der Waals surface area contributed by atoms with Gasteiger partial charge in [-0.25, -0.2) is 0 Å². The van der Waals surface area contributed by atoms with Crippen molar-refractivity contribution < 1.29 is 9.59 Å². The van der Waals surface area contributed by atoms with Gasteiger partial charge in [-0.15, -0.1) is 12.4 Å². The second kappa shape index (κ2) is 6.91. The van der Waals surface area contributed by atoms with Gasteiger partial charge in [-0.1, -0.05) is 17.7 Å². The minimum atomic E-state index is -0.357. The maximum absolute atomic E-state index is 11.7. The number of nitrogens with one attached hydrogen (secondary N) is 1. The highest BCUT2D eigenvalue weighted by Crippen LogP contribution is 2.32. The van der Waals surface area contributed by atoms with E-state index < -0.39 is 0 Å². The molecule has 8 heteroatoms. The van der Waals surface area contributed by atoms with Gasteiger partial charge in [0, 0.05) is 29.8 Å². The number of hydrogen-bond acceptors (Lipinski definition) is 5. The third kappa shape index (κ3) is 3.57. The lowest BCUT2D eigenvalue weighted by Gasteiger charge is -2.21. The summed E-state index contributed by atoms with van der Waals surface area (Å²) >= 11 is 6.99. The third-order valence-corrected chi connectivity index (χ3v) is 4.53. The fourth-order valence-electron chi connectivity index (χ4n) is 2.48. The third-order valence-electron chi connectivity index (χ3n) is 3.49. The average Bonchev–Trinajstić information content (AvgIpc) is 2.98. The van der Waals surface area contributed by atoms with E-state index in [1.54, 1.807) is 12.1 Å². The Morgan fingerprint density at radius 1 is 1.41 bits per heavy atom. The van der Waals surface area contributed by atoms with Crippen molar-refractivity contribution in [1.29, 1.82) is 0 Å². The predicted octanol–water partition coefficient (Wildman–Crippen LogP) is 2.62. The van der Waals surface area contributed by atoms with Crippen molar-refractivity contribution in [3.8, 4) is 0 Å². The van der Waals surface area contributed by atoms with Gasteiger partial charge in [-0.3, -0.25) is 14.9 Å². The first-order chi connectivity index (χ1) is 10.0. The van der Waals surface area contributed by atoms with E-state index in [2.05, 4.69) is 10.2 Å². The number of thioether (sulfide) groups is 1. The lowest BCUT2D eigenvalue weighted by Crippen LogP contribution is -2.26. The van der Waals surface area contributed by atoms with E-state index in [4.69, 9.17) is 17.3 Å². The lowest BCUT2D eigenvalue weighted by atomic mass is 10.1. The van der Waals surface area contributed by atoms with E-state index in [9.17, 15) is 9.59 Å². The van der Waals surface area contributed by atoms with Crippen LogP contribution in [0.15, 0.2) is 23.1 Å². The van der Waals surface area contributed by atoms with Crippen molar-refractivity contribution in [3.63, 3.8) is 0 Å². The summed E-state index contributed by atoms with van der Waals surface area (Å²) in [6.45, 7) is 1.62. The second-order valence-electron chi connectivity index (χ2n) is 5.05. The van der Waals surface area contributed by atoms with E-state index in [0.717, 1.165) is 42.5 Å². The zero-order chi connectivity index (χ0) is 15.0. The molecular formula is C14H15Cl2N3O2S. The van der Waals surface area contributed by atoms with Crippen LogP contribution < -0.4 is 16.0 Å². The van der Waals surface area contributed by atoms with Gasteiger partial charge in [0.15, 0.2) is 0 Å². The van der Waals surface area contributed by atoms with Crippen molar-refractivity contribution >= 4 is 58.7 Å². The zero-order valence-corrected chi connectivity index (χ0v) is 13.9. The number of benzene rings is 1. The molecule has 0 saturated carbocycles. The standard InChI is InChI=1S/C14H14ClN3O2S.ClH/c15-9-2-1-8(5-12-13(19)17-14(20)21-12)11(6-9)18-4-3-10(16)7-18;/h1-2,5-6,10H,3-4,7,16H2,(H,17,19,20);1H/b12-5+;. The van der Waals surface area contributed by atoms with E-state index in [0.29, 0.717) is 9.93 Å². The summed E-state index contributed by atoms with van der Waals surface area (Å²) in [6, 6.07) is 5.64. The molecule has 0 aromatic heterocycles. The smallest absolute Gasteiger partial charge is 0.290 e. The molecular weight excluding hydrogens is 345 g/mol. The highest BCUT2D eigenvalue weighted by molar-refractivity contribution is 8.18. The van der Waals surface area contributed by atoms with Gasteiger partial charge in [0.1, 0.15) is 0 Å². The summed E-state index contributed by atoms with van der Waals surface area (Å²) in [4.78, 5) is 25.4. The molecule has 2 fully saturated rings. The van der Waals surface area contributed by atoms with Crippen molar-refractivity contribution in [2.45, 2.75) is 12.5 Å². The van der Waals surface area contributed by atoms with Gasteiger partial charge < -0.3 is 10.6 Å². The first-order valence-electron chi connectivity index (χ1n) is 6.58. The van der Waals surface area contributed by atoms with Crippen LogP contribution in [0.1, 0.15) is 12.0 Å². The van der Waals surface area contributed by atoms with Gasteiger partial charge >= 0.3 is 0 Å². The average molecular weight is 360 g/mol. The van der Waals surface area contributed by atoms with E-state index in [1.165, 1.54) is 0 Å². The molecule has 22 heavy (non-hydrogen) atoms. The van der Waals surface area contributed by atoms with Gasteiger partial charge in [-0.05, 0) is 42.0 Å². The summed E-state index contributed by atoms with van der Waals surface area (Å²) in [5.74, 6) is -0.357. The largest absolute Gasteiger partial charge is 0.369 e. The van der Waals surface area contributed by atoms with Crippen molar-refractivity contribution in [1.82, 2.24) is 5.32 Å². The van der Waals surface area contributed by atoms with Crippen LogP contribution >= 0.6 is 35.8 Å². The topological polar surface area (TPSA) is 75.4 Å². The molecule has 2 aliphatic rings. The van der Waals surface area contributed by atoms with E-state index in [-0.39, 0.29) is 29.6 Å². The Kier molecular flexibility index (Phi) is 5.39. The summed E-state index contributed by atoms with van der Waals surface area (Å²) in [7, 11) is 0. The monoisotopic (exact) mass is 359 g/mol. The number of carbonyl (C=O) groups is 2. The van der Waals surface area contributed by atoms with Crippen LogP contribution in [0, 0.1) is 0 Å². The maximum Gasteiger partial charge on any atom is 0.290 e. The first kappa shape index (κ1) is 17.1. The molecule has 1 aromatic carbocycles. The summed E-state index contributed by atoms with van der Waals surface area (Å²) in [6.07, 6.45) is 2.65. The van der Waals surface area contributed by atoms with Crippen molar-refractivity contribution in [2.75, 3.05) is 18.0 Å². The molecule has 0 bridgehead atoms. The van der Waals surface area contributed by atoms with E-state index >= 15 is 0 Å². The molecule has 2 aliphatic heterocycles. The van der Waals surface area contributed by atoms with Gasteiger partial charge in [0.05, 0.1) is 4.91 Å². The van der Waals surface area contributed by atoms with E-state index in [1.807, 2.05) is 12.1 Å². The van der Waals surface area contributed by atoms with Crippen LogP contribution in [0.2, 0.25) is 5.02 Å². The van der Waals surface area contributed by atoms with Crippen LogP contribution in [0.5, 0.6) is 0 Å².